The lowest BCUT2D eigenvalue weighted by Gasteiger charge is -2.25. The molecular formula is C14H19N3. The van der Waals surface area contributed by atoms with Crippen LogP contribution in [0.3, 0.4) is 0 Å². The standard InChI is InChI=1S/C14H19N3/c1-17-13-8-3-2-7-12(13)16-14(17)15-10-9-11-5-4-6-11/h2-3,7-8,11H,4-6,9-10H2,1H3,(H,15,16). The average molecular weight is 229 g/mol. The summed E-state index contributed by atoms with van der Waals surface area (Å²) in [6.45, 7) is 1.04. The Labute approximate surface area is 102 Å². The van der Waals surface area contributed by atoms with Crippen LogP contribution in [0.15, 0.2) is 24.3 Å². The van der Waals surface area contributed by atoms with E-state index in [0.29, 0.717) is 0 Å². The van der Waals surface area contributed by atoms with E-state index in [2.05, 4.69) is 40.1 Å². The maximum absolute atomic E-state index is 4.60. The third-order valence-electron chi connectivity index (χ3n) is 3.85. The van der Waals surface area contributed by atoms with Crippen molar-refractivity contribution in [3.8, 4) is 0 Å². The fraction of sp³-hybridized carbons (Fsp3) is 0.500. The van der Waals surface area contributed by atoms with Gasteiger partial charge in [-0.3, -0.25) is 0 Å². The van der Waals surface area contributed by atoms with Gasteiger partial charge in [0.25, 0.3) is 0 Å². The van der Waals surface area contributed by atoms with Crippen LogP contribution >= 0.6 is 0 Å². The topological polar surface area (TPSA) is 29.9 Å². The van der Waals surface area contributed by atoms with Gasteiger partial charge in [-0.15, -0.1) is 0 Å². The molecule has 1 saturated carbocycles. The van der Waals surface area contributed by atoms with Crippen LogP contribution in [0.2, 0.25) is 0 Å². The number of benzene rings is 1. The molecule has 0 atom stereocenters. The Morgan fingerprint density at radius 1 is 1.35 bits per heavy atom. The number of imidazole rings is 1. The highest BCUT2D eigenvalue weighted by atomic mass is 15.2. The van der Waals surface area contributed by atoms with Crippen LogP contribution in [0.5, 0.6) is 0 Å². The predicted molar refractivity (Wildman–Crippen MR) is 71.2 cm³/mol. The predicted octanol–water partition coefficient (Wildman–Crippen LogP) is 3.18. The Balaban J connectivity index is 1.69. The summed E-state index contributed by atoms with van der Waals surface area (Å²) in [5.74, 6) is 1.95. The lowest BCUT2D eigenvalue weighted by Crippen LogP contribution is -2.16. The van der Waals surface area contributed by atoms with Gasteiger partial charge in [0.15, 0.2) is 0 Å². The molecule has 0 saturated heterocycles. The first-order valence-corrected chi connectivity index (χ1v) is 6.50. The van der Waals surface area contributed by atoms with Crippen molar-refractivity contribution < 1.29 is 0 Å². The normalized spacial score (nSPS) is 16.1. The van der Waals surface area contributed by atoms with E-state index in [1.807, 2.05) is 6.07 Å². The molecular weight excluding hydrogens is 210 g/mol. The van der Waals surface area contributed by atoms with E-state index >= 15 is 0 Å². The molecule has 1 heterocycles. The van der Waals surface area contributed by atoms with E-state index in [1.165, 1.54) is 31.2 Å². The van der Waals surface area contributed by atoms with Crippen molar-refractivity contribution in [1.82, 2.24) is 9.55 Å². The first-order valence-electron chi connectivity index (χ1n) is 6.50. The number of nitrogens with one attached hydrogen (secondary N) is 1. The molecule has 90 valence electrons. The minimum Gasteiger partial charge on any atom is -0.356 e. The van der Waals surface area contributed by atoms with E-state index in [4.69, 9.17) is 0 Å². The Hall–Kier alpha value is -1.51. The van der Waals surface area contributed by atoms with Gasteiger partial charge in [-0.25, -0.2) is 4.98 Å². The summed E-state index contributed by atoms with van der Waals surface area (Å²) in [5.41, 5.74) is 2.26. The highest BCUT2D eigenvalue weighted by Gasteiger charge is 2.16. The molecule has 0 radical (unpaired) electrons. The van der Waals surface area contributed by atoms with Crippen LogP contribution in [0.25, 0.3) is 11.0 Å². The van der Waals surface area contributed by atoms with Crippen molar-refractivity contribution in [3.05, 3.63) is 24.3 Å². The molecule has 3 heteroatoms. The molecule has 1 N–H and O–H groups in total. The zero-order valence-electron chi connectivity index (χ0n) is 10.3. The Kier molecular flexibility index (Phi) is 2.75. The fourth-order valence-electron chi connectivity index (χ4n) is 2.47. The third kappa shape index (κ3) is 2.02. The van der Waals surface area contributed by atoms with Crippen molar-refractivity contribution >= 4 is 17.0 Å². The van der Waals surface area contributed by atoms with Gasteiger partial charge in [0.2, 0.25) is 5.95 Å². The molecule has 1 aliphatic rings. The molecule has 0 bridgehead atoms. The Morgan fingerprint density at radius 3 is 2.88 bits per heavy atom. The number of para-hydroxylation sites is 2. The van der Waals surface area contributed by atoms with Crippen LogP contribution in [0.1, 0.15) is 25.7 Å². The monoisotopic (exact) mass is 229 g/mol. The maximum atomic E-state index is 4.60. The van der Waals surface area contributed by atoms with E-state index in [0.717, 1.165) is 23.9 Å². The van der Waals surface area contributed by atoms with Crippen molar-refractivity contribution in [3.63, 3.8) is 0 Å². The highest BCUT2D eigenvalue weighted by Crippen LogP contribution is 2.29. The van der Waals surface area contributed by atoms with Crippen molar-refractivity contribution in [2.45, 2.75) is 25.7 Å². The van der Waals surface area contributed by atoms with Gasteiger partial charge in [-0.1, -0.05) is 31.4 Å². The van der Waals surface area contributed by atoms with Crippen LogP contribution in [-0.2, 0) is 7.05 Å². The number of hydrogen-bond acceptors (Lipinski definition) is 2. The number of fused-ring (bicyclic) bond motifs is 1. The quantitative estimate of drug-likeness (QED) is 0.872. The van der Waals surface area contributed by atoms with E-state index < -0.39 is 0 Å². The molecule has 0 aliphatic heterocycles. The highest BCUT2D eigenvalue weighted by molar-refractivity contribution is 5.78. The third-order valence-corrected chi connectivity index (χ3v) is 3.85. The lowest BCUT2D eigenvalue weighted by atomic mass is 9.83. The minimum absolute atomic E-state index is 0.956. The fourth-order valence-corrected chi connectivity index (χ4v) is 2.47. The number of hydrogen-bond donors (Lipinski definition) is 1. The summed E-state index contributed by atoms with van der Waals surface area (Å²) in [6, 6.07) is 8.27. The van der Waals surface area contributed by atoms with E-state index in [-0.39, 0.29) is 0 Å². The summed E-state index contributed by atoms with van der Waals surface area (Å²) in [7, 11) is 2.07. The van der Waals surface area contributed by atoms with Crippen LogP contribution in [0, 0.1) is 5.92 Å². The summed E-state index contributed by atoms with van der Waals surface area (Å²) < 4.78 is 2.14. The zero-order valence-corrected chi connectivity index (χ0v) is 10.3. The zero-order chi connectivity index (χ0) is 11.7. The molecule has 0 amide bonds. The molecule has 1 aromatic heterocycles. The Morgan fingerprint density at radius 2 is 2.18 bits per heavy atom. The molecule has 1 aromatic carbocycles. The number of rotatable bonds is 4. The second-order valence-corrected chi connectivity index (χ2v) is 5.00. The summed E-state index contributed by atoms with van der Waals surface area (Å²) >= 11 is 0. The molecule has 1 fully saturated rings. The summed E-state index contributed by atoms with van der Waals surface area (Å²) in [5, 5.41) is 3.45. The molecule has 0 unspecified atom stereocenters. The van der Waals surface area contributed by atoms with Gasteiger partial charge in [0.1, 0.15) is 0 Å². The van der Waals surface area contributed by atoms with Crippen LogP contribution in [0.4, 0.5) is 5.95 Å². The SMILES string of the molecule is Cn1c(NCCC2CCC2)nc2ccccc21. The van der Waals surface area contributed by atoms with Crippen molar-refractivity contribution in [2.24, 2.45) is 13.0 Å². The number of nitrogens with zero attached hydrogens (tertiary/aromatic N) is 2. The van der Waals surface area contributed by atoms with Crippen molar-refractivity contribution in [2.75, 3.05) is 11.9 Å². The average Bonchev–Trinajstić information content (AvgIpc) is 2.60. The molecule has 0 spiro atoms. The molecule has 17 heavy (non-hydrogen) atoms. The van der Waals surface area contributed by atoms with Crippen LogP contribution in [-0.4, -0.2) is 16.1 Å². The van der Waals surface area contributed by atoms with Crippen LogP contribution < -0.4 is 5.32 Å². The van der Waals surface area contributed by atoms with Gasteiger partial charge in [-0.05, 0) is 24.5 Å². The van der Waals surface area contributed by atoms with Gasteiger partial charge < -0.3 is 9.88 Å². The lowest BCUT2D eigenvalue weighted by molar-refractivity contribution is 0.302. The molecule has 3 nitrogen and oxygen atoms in total. The maximum Gasteiger partial charge on any atom is 0.203 e. The first kappa shape index (κ1) is 10.6. The first-order chi connectivity index (χ1) is 8.34. The Bertz CT molecular complexity index is 511. The largest absolute Gasteiger partial charge is 0.356 e. The van der Waals surface area contributed by atoms with E-state index in [9.17, 15) is 0 Å². The minimum atomic E-state index is 0.956. The van der Waals surface area contributed by atoms with Crippen molar-refractivity contribution in [1.29, 1.82) is 0 Å². The molecule has 3 rings (SSSR count). The number of anilines is 1. The van der Waals surface area contributed by atoms with Gasteiger partial charge >= 0.3 is 0 Å². The number of aryl methyl sites for hydroxylation is 1. The van der Waals surface area contributed by atoms with Gasteiger partial charge in [0.05, 0.1) is 11.0 Å². The second-order valence-electron chi connectivity index (χ2n) is 5.00. The summed E-state index contributed by atoms with van der Waals surface area (Å²) in [6.07, 6.45) is 5.55. The van der Waals surface area contributed by atoms with E-state index in [1.54, 1.807) is 0 Å². The van der Waals surface area contributed by atoms with Gasteiger partial charge in [0, 0.05) is 13.6 Å². The molecule has 2 aromatic rings. The smallest absolute Gasteiger partial charge is 0.203 e. The van der Waals surface area contributed by atoms with Gasteiger partial charge in [-0.2, -0.15) is 0 Å². The molecule has 1 aliphatic carbocycles. The second kappa shape index (κ2) is 4.40. The number of aromatic nitrogens is 2. The summed E-state index contributed by atoms with van der Waals surface area (Å²) in [4.78, 5) is 4.60.